The minimum atomic E-state index is -0.131. The Labute approximate surface area is 161 Å². The lowest BCUT2D eigenvalue weighted by Gasteiger charge is -2.39. The molecule has 1 spiro atoms. The second-order valence-electron chi connectivity index (χ2n) is 7.54. The number of benzene rings is 1. The Bertz CT molecular complexity index is 1070. The summed E-state index contributed by atoms with van der Waals surface area (Å²) in [6.07, 6.45) is 4.69. The van der Waals surface area contributed by atoms with Gasteiger partial charge in [-0.2, -0.15) is 15.4 Å². The zero-order valence-electron chi connectivity index (χ0n) is 15.3. The van der Waals surface area contributed by atoms with Crippen LogP contribution in [0, 0.1) is 0 Å². The standard InChI is InChI=1S/C20H20N6O2/c27-18-14-6-7-20(16(14)22-17(23-18)13-4-2-1-3-5-13)8-10-26(11-9-20)19(28)15-12-21-25-24-15/h1-5,12H,6-11H2,(H,21,24,25)(H,22,23,27). The van der Waals surface area contributed by atoms with Crippen molar-refractivity contribution in [2.24, 2.45) is 0 Å². The van der Waals surface area contributed by atoms with Gasteiger partial charge in [0.15, 0.2) is 5.69 Å². The maximum atomic E-state index is 12.7. The van der Waals surface area contributed by atoms with Crippen LogP contribution in [-0.4, -0.2) is 49.3 Å². The first-order chi connectivity index (χ1) is 13.7. The van der Waals surface area contributed by atoms with Crippen LogP contribution in [0.4, 0.5) is 0 Å². The molecule has 2 aliphatic rings. The third-order valence-corrected chi connectivity index (χ3v) is 6.06. The minimum absolute atomic E-state index is 0.0400. The average molecular weight is 376 g/mol. The second kappa shape index (κ2) is 6.40. The van der Waals surface area contributed by atoms with Gasteiger partial charge in [0, 0.05) is 29.6 Å². The number of amides is 1. The molecule has 28 heavy (non-hydrogen) atoms. The molecule has 1 fully saturated rings. The number of nitrogens with zero attached hydrogens (tertiary/aromatic N) is 4. The maximum absolute atomic E-state index is 12.7. The van der Waals surface area contributed by atoms with Gasteiger partial charge in [0.25, 0.3) is 11.5 Å². The number of rotatable bonds is 2. The van der Waals surface area contributed by atoms with E-state index in [4.69, 9.17) is 4.98 Å². The fourth-order valence-corrected chi connectivity index (χ4v) is 4.48. The summed E-state index contributed by atoms with van der Waals surface area (Å²) >= 11 is 0. The molecule has 1 saturated heterocycles. The summed E-state index contributed by atoms with van der Waals surface area (Å²) in [5.41, 5.74) is 2.79. The van der Waals surface area contributed by atoms with E-state index in [9.17, 15) is 9.59 Å². The highest BCUT2D eigenvalue weighted by molar-refractivity contribution is 5.92. The van der Waals surface area contributed by atoms with Gasteiger partial charge in [-0.15, -0.1) is 0 Å². The normalized spacial score (nSPS) is 17.6. The highest BCUT2D eigenvalue weighted by Crippen LogP contribution is 2.44. The SMILES string of the molecule is O=C(c1cn[nH]n1)N1CCC2(CCc3c2nc(-c2ccccc2)[nH]c3=O)CC1. The lowest BCUT2D eigenvalue weighted by Crippen LogP contribution is -2.45. The Morgan fingerprint density at radius 2 is 1.89 bits per heavy atom. The Kier molecular flexibility index (Phi) is 3.85. The number of aromatic amines is 2. The van der Waals surface area contributed by atoms with Crippen molar-refractivity contribution >= 4 is 5.91 Å². The number of carbonyl (C=O) groups is 1. The van der Waals surface area contributed by atoms with E-state index < -0.39 is 0 Å². The van der Waals surface area contributed by atoms with Crippen LogP contribution in [0.2, 0.25) is 0 Å². The molecule has 3 aromatic rings. The number of nitrogens with one attached hydrogen (secondary N) is 2. The number of fused-ring (bicyclic) bond motifs is 2. The van der Waals surface area contributed by atoms with Gasteiger partial charge >= 0.3 is 0 Å². The first kappa shape index (κ1) is 16.9. The maximum Gasteiger partial charge on any atom is 0.276 e. The fourth-order valence-electron chi connectivity index (χ4n) is 4.48. The van der Waals surface area contributed by atoms with Crippen molar-refractivity contribution in [2.45, 2.75) is 31.1 Å². The molecule has 0 saturated carbocycles. The Balaban J connectivity index is 1.44. The van der Waals surface area contributed by atoms with Gasteiger partial charge in [0.1, 0.15) is 5.82 Å². The van der Waals surface area contributed by atoms with Crippen LogP contribution in [0.5, 0.6) is 0 Å². The van der Waals surface area contributed by atoms with Crippen molar-refractivity contribution in [3.63, 3.8) is 0 Å². The number of carbonyl (C=O) groups excluding carboxylic acids is 1. The number of hydrogen-bond acceptors (Lipinski definition) is 5. The molecule has 2 N–H and O–H groups in total. The van der Waals surface area contributed by atoms with Gasteiger partial charge in [-0.1, -0.05) is 30.3 Å². The topological polar surface area (TPSA) is 108 Å². The molecule has 0 bridgehead atoms. The van der Waals surface area contributed by atoms with Gasteiger partial charge in [-0.25, -0.2) is 4.98 Å². The number of piperidine rings is 1. The van der Waals surface area contributed by atoms with Gasteiger partial charge in [0.2, 0.25) is 0 Å². The van der Waals surface area contributed by atoms with Crippen LogP contribution in [0.15, 0.2) is 41.3 Å². The summed E-state index contributed by atoms with van der Waals surface area (Å²) in [5, 5.41) is 10.1. The Hall–Kier alpha value is -3.29. The molecule has 142 valence electrons. The molecule has 1 aliphatic heterocycles. The van der Waals surface area contributed by atoms with Crippen LogP contribution in [0.25, 0.3) is 11.4 Å². The number of aromatic nitrogens is 5. The molecule has 1 aliphatic carbocycles. The monoisotopic (exact) mass is 376 g/mol. The molecule has 1 amide bonds. The molecule has 8 nitrogen and oxygen atoms in total. The van der Waals surface area contributed by atoms with E-state index in [0.29, 0.717) is 24.6 Å². The molecule has 0 atom stereocenters. The first-order valence-corrected chi connectivity index (χ1v) is 9.50. The summed E-state index contributed by atoms with van der Waals surface area (Å²) < 4.78 is 0. The molecule has 8 heteroatoms. The summed E-state index contributed by atoms with van der Waals surface area (Å²) in [7, 11) is 0. The quantitative estimate of drug-likeness (QED) is 0.707. The van der Waals surface area contributed by atoms with E-state index in [0.717, 1.165) is 42.5 Å². The van der Waals surface area contributed by atoms with Crippen LogP contribution in [0.1, 0.15) is 41.0 Å². The summed E-state index contributed by atoms with van der Waals surface area (Å²) in [5.74, 6) is 0.511. The van der Waals surface area contributed by atoms with Gasteiger partial charge in [-0.3, -0.25) is 9.59 Å². The Morgan fingerprint density at radius 1 is 1.11 bits per heavy atom. The van der Waals surface area contributed by atoms with E-state index in [1.807, 2.05) is 35.2 Å². The van der Waals surface area contributed by atoms with Crippen LogP contribution in [0.3, 0.4) is 0 Å². The third-order valence-electron chi connectivity index (χ3n) is 6.06. The van der Waals surface area contributed by atoms with Crippen molar-refractivity contribution in [2.75, 3.05) is 13.1 Å². The summed E-state index contributed by atoms with van der Waals surface area (Å²) in [4.78, 5) is 34.9. The largest absolute Gasteiger partial charge is 0.337 e. The zero-order valence-corrected chi connectivity index (χ0v) is 15.3. The molecule has 5 rings (SSSR count). The molecule has 2 aromatic heterocycles. The van der Waals surface area contributed by atoms with E-state index in [1.54, 1.807) is 0 Å². The lowest BCUT2D eigenvalue weighted by atomic mass is 9.76. The predicted octanol–water partition coefficient (Wildman–Crippen LogP) is 1.68. The van der Waals surface area contributed by atoms with Crippen LogP contribution >= 0.6 is 0 Å². The first-order valence-electron chi connectivity index (χ1n) is 9.50. The average Bonchev–Trinajstić information content (AvgIpc) is 3.38. The molecule has 1 aromatic carbocycles. The number of likely N-dealkylation sites (tertiary alicyclic amines) is 1. The van der Waals surface area contributed by atoms with Crippen LogP contribution < -0.4 is 5.56 Å². The van der Waals surface area contributed by atoms with Crippen LogP contribution in [-0.2, 0) is 11.8 Å². The predicted molar refractivity (Wildman–Crippen MR) is 102 cm³/mol. The second-order valence-corrected chi connectivity index (χ2v) is 7.54. The molecular formula is C20H20N6O2. The highest BCUT2D eigenvalue weighted by Gasteiger charge is 2.44. The van der Waals surface area contributed by atoms with Gasteiger partial charge in [0.05, 0.1) is 11.9 Å². The van der Waals surface area contributed by atoms with E-state index in [2.05, 4.69) is 20.4 Å². The van der Waals surface area contributed by atoms with Crippen molar-refractivity contribution in [3.8, 4) is 11.4 Å². The van der Waals surface area contributed by atoms with E-state index >= 15 is 0 Å². The lowest BCUT2D eigenvalue weighted by molar-refractivity contribution is 0.0657. The number of hydrogen-bond donors (Lipinski definition) is 2. The zero-order chi connectivity index (χ0) is 19.1. The summed E-state index contributed by atoms with van der Waals surface area (Å²) in [6, 6.07) is 9.72. The minimum Gasteiger partial charge on any atom is -0.337 e. The van der Waals surface area contributed by atoms with E-state index in [-0.39, 0.29) is 16.9 Å². The van der Waals surface area contributed by atoms with Crippen molar-refractivity contribution in [3.05, 3.63) is 63.8 Å². The Morgan fingerprint density at radius 3 is 2.61 bits per heavy atom. The van der Waals surface area contributed by atoms with Gasteiger partial charge < -0.3 is 9.88 Å². The highest BCUT2D eigenvalue weighted by atomic mass is 16.2. The molecule has 0 radical (unpaired) electrons. The third kappa shape index (κ3) is 2.64. The molecule has 0 unspecified atom stereocenters. The smallest absolute Gasteiger partial charge is 0.276 e. The molecular weight excluding hydrogens is 356 g/mol. The van der Waals surface area contributed by atoms with Gasteiger partial charge in [-0.05, 0) is 25.7 Å². The van der Waals surface area contributed by atoms with E-state index in [1.165, 1.54) is 6.20 Å². The van der Waals surface area contributed by atoms with Crippen molar-refractivity contribution in [1.29, 1.82) is 0 Å². The fraction of sp³-hybridized carbons (Fsp3) is 0.350. The number of H-pyrrole nitrogens is 2. The van der Waals surface area contributed by atoms with Crippen molar-refractivity contribution < 1.29 is 4.79 Å². The van der Waals surface area contributed by atoms with Crippen molar-refractivity contribution in [1.82, 2.24) is 30.3 Å². The molecule has 3 heterocycles. The summed E-state index contributed by atoms with van der Waals surface area (Å²) in [6.45, 7) is 1.25.